The highest BCUT2D eigenvalue weighted by Crippen LogP contribution is 2.37. The zero-order chi connectivity index (χ0) is 12.4. The number of hydrogen-bond acceptors (Lipinski definition) is 1. The van der Waals surface area contributed by atoms with Crippen molar-refractivity contribution in [3.8, 4) is 0 Å². The van der Waals surface area contributed by atoms with E-state index in [4.69, 9.17) is 16.0 Å². The SMILES string of the molecule is CC(C)(C)[Si](C)(C)OCc1c[c]ccc1Cl. The van der Waals surface area contributed by atoms with E-state index in [2.05, 4.69) is 39.9 Å². The molecule has 0 aliphatic rings. The highest BCUT2D eigenvalue weighted by Gasteiger charge is 2.37. The van der Waals surface area contributed by atoms with Crippen LogP contribution in [0.5, 0.6) is 0 Å². The molecule has 1 radical (unpaired) electrons. The highest BCUT2D eigenvalue weighted by atomic mass is 35.5. The molecule has 0 bridgehead atoms. The molecule has 0 unspecified atom stereocenters. The molecule has 89 valence electrons. The van der Waals surface area contributed by atoms with Gasteiger partial charge in [-0.2, -0.15) is 0 Å². The average molecular weight is 256 g/mol. The lowest BCUT2D eigenvalue weighted by Gasteiger charge is -2.36. The molecule has 1 aromatic carbocycles. The Bertz CT molecular complexity index is 355. The van der Waals surface area contributed by atoms with Crippen molar-refractivity contribution in [2.45, 2.75) is 45.5 Å². The number of benzene rings is 1. The van der Waals surface area contributed by atoms with Crippen molar-refractivity contribution in [1.29, 1.82) is 0 Å². The van der Waals surface area contributed by atoms with E-state index < -0.39 is 8.32 Å². The van der Waals surface area contributed by atoms with Crippen molar-refractivity contribution >= 4 is 19.9 Å². The van der Waals surface area contributed by atoms with Crippen molar-refractivity contribution in [3.05, 3.63) is 34.9 Å². The molecule has 1 rings (SSSR count). The van der Waals surface area contributed by atoms with Gasteiger partial charge in [-0.3, -0.25) is 0 Å². The summed E-state index contributed by atoms with van der Waals surface area (Å²) >= 11 is 6.08. The molecule has 16 heavy (non-hydrogen) atoms. The first-order valence-electron chi connectivity index (χ1n) is 5.52. The summed E-state index contributed by atoms with van der Waals surface area (Å²) in [6.07, 6.45) is 0. The molecule has 0 aliphatic carbocycles. The van der Waals surface area contributed by atoms with Crippen molar-refractivity contribution in [3.63, 3.8) is 0 Å². The largest absolute Gasteiger partial charge is 0.413 e. The summed E-state index contributed by atoms with van der Waals surface area (Å²) in [5.74, 6) is 0. The molecule has 0 aromatic heterocycles. The molecule has 0 atom stereocenters. The van der Waals surface area contributed by atoms with Crippen LogP contribution in [0.25, 0.3) is 0 Å². The minimum atomic E-state index is -1.68. The van der Waals surface area contributed by atoms with E-state index in [-0.39, 0.29) is 5.04 Å². The molecular weight excluding hydrogens is 236 g/mol. The van der Waals surface area contributed by atoms with Gasteiger partial charge in [-0.1, -0.05) is 38.4 Å². The van der Waals surface area contributed by atoms with Crippen molar-refractivity contribution in [1.82, 2.24) is 0 Å². The van der Waals surface area contributed by atoms with Crippen molar-refractivity contribution in [2.24, 2.45) is 0 Å². The maximum Gasteiger partial charge on any atom is 0.192 e. The van der Waals surface area contributed by atoms with Gasteiger partial charge in [0, 0.05) is 5.02 Å². The molecule has 0 aliphatic heterocycles. The molecular formula is C13H20ClOSi. The quantitative estimate of drug-likeness (QED) is 0.714. The minimum Gasteiger partial charge on any atom is -0.413 e. The Morgan fingerprint density at radius 1 is 1.38 bits per heavy atom. The van der Waals surface area contributed by atoms with Gasteiger partial charge >= 0.3 is 0 Å². The zero-order valence-electron chi connectivity index (χ0n) is 10.7. The van der Waals surface area contributed by atoms with Crippen LogP contribution in [0.1, 0.15) is 26.3 Å². The van der Waals surface area contributed by atoms with Gasteiger partial charge in [0.25, 0.3) is 0 Å². The lowest BCUT2D eigenvalue weighted by atomic mass is 10.2. The summed E-state index contributed by atoms with van der Waals surface area (Å²) in [7, 11) is -1.68. The Morgan fingerprint density at radius 3 is 2.50 bits per heavy atom. The molecule has 0 spiro atoms. The lowest BCUT2D eigenvalue weighted by Crippen LogP contribution is -2.40. The second-order valence-corrected chi connectivity index (χ2v) is 10.8. The van der Waals surface area contributed by atoms with Gasteiger partial charge < -0.3 is 4.43 Å². The summed E-state index contributed by atoms with van der Waals surface area (Å²) in [5, 5.41) is 0.996. The van der Waals surface area contributed by atoms with Crippen LogP contribution >= 0.6 is 11.6 Å². The third-order valence-corrected chi connectivity index (χ3v) is 8.13. The predicted octanol–water partition coefficient (Wildman–Crippen LogP) is 4.66. The summed E-state index contributed by atoms with van der Waals surface area (Å²) < 4.78 is 6.10. The standard InChI is InChI=1S/C13H20ClOSi/c1-13(2,3)16(4,5)15-10-11-8-6-7-9-12(11)14/h7-9H,10H2,1-5H3. The summed E-state index contributed by atoms with van der Waals surface area (Å²) in [4.78, 5) is 0. The van der Waals surface area contributed by atoms with Crippen LogP contribution in [0.2, 0.25) is 23.2 Å². The monoisotopic (exact) mass is 255 g/mol. The first kappa shape index (κ1) is 13.8. The van der Waals surface area contributed by atoms with Crippen LogP contribution in [0.4, 0.5) is 0 Å². The van der Waals surface area contributed by atoms with E-state index in [9.17, 15) is 0 Å². The minimum absolute atomic E-state index is 0.234. The highest BCUT2D eigenvalue weighted by molar-refractivity contribution is 6.74. The fourth-order valence-electron chi connectivity index (χ4n) is 1.03. The lowest BCUT2D eigenvalue weighted by molar-refractivity contribution is 0.276. The number of halogens is 1. The second kappa shape index (κ2) is 4.90. The summed E-state index contributed by atoms with van der Waals surface area (Å²) in [5.41, 5.74) is 1.02. The predicted molar refractivity (Wildman–Crippen MR) is 72.3 cm³/mol. The number of rotatable bonds is 3. The topological polar surface area (TPSA) is 9.23 Å². The molecule has 0 fully saturated rings. The maximum absolute atomic E-state index is 6.10. The third-order valence-electron chi connectivity index (χ3n) is 3.28. The Kier molecular flexibility index (Phi) is 4.21. The molecule has 0 saturated heterocycles. The van der Waals surface area contributed by atoms with Gasteiger partial charge in [-0.25, -0.2) is 0 Å². The van der Waals surface area contributed by atoms with Gasteiger partial charge in [0.2, 0.25) is 0 Å². The molecule has 0 N–H and O–H groups in total. The van der Waals surface area contributed by atoms with Gasteiger partial charge in [-0.15, -0.1) is 0 Å². The van der Waals surface area contributed by atoms with E-state index in [1.54, 1.807) is 0 Å². The van der Waals surface area contributed by atoms with Gasteiger partial charge in [-0.05, 0) is 41.9 Å². The van der Waals surface area contributed by atoms with Crippen molar-refractivity contribution in [2.75, 3.05) is 0 Å². The zero-order valence-corrected chi connectivity index (χ0v) is 12.5. The van der Waals surface area contributed by atoms with Crippen LogP contribution in [0.3, 0.4) is 0 Å². The van der Waals surface area contributed by atoms with Crippen LogP contribution in [0, 0.1) is 6.07 Å². The molecule has 0 saturated carbocycles. The van der Waals surface area contributed by atoms with Crippen LogP contribution in [0.15, 0.2) is 18.2 Å². The number of hydrogen-bond donors (Lipinski definition) is 0. The summed E-state index contributed by atoms with van der Waals surface area (Å²) in [6.45, 7) is 11.8. The second-order valence-electron chi connectivity index (χ2n) is 5.57. The molecule has 3 heteroatoms. The molecule has 1 aromatic rings. The van der Waals surface area contributed by atoms with Crippen LogP contribution < -0.4 is 0 Å². The van der Waals surface area contributed by atoms with Gasteiger partial charge in [0.05, 0.1) is 6.61 Å². The fraction of sp³-hybridized carbons (Fsp3) is 0.538. The van der Waals surface area contributed by atoms with Crippen LogP contribution in [-0.4, -0.2) is 8.32 Å². The first-order valence-corrected chi connectivity index (χ1v) is 8.81. The average Bonchev–Trinajstić information content (AvgIpc) is 2.15. The van der Waals surface area contributed by atoms with E-state index in [1.807, 2.05) is 18.2 Å². The van der Waals surface area contributed by atoms with E-state index in [1.165, 1.54) is 0 Å². The molecule has 1 nitrogen and oxygen atoms in total. The van der Waals surface area contributed by atoms with E-state index in [0.29, 0.717) is 6.61 Å². The Hall–Kier alpha value is -0.313. The fourth-order valence-corrected chi connectivity index (χ4v) is 2.15. The smallest absolute Gasteiger partial charge is 0.192 e. The first-order chi connectivity index (χ1) is 7.24. The third kappa shape index (κ3) is 3.34. The Morgan fingerprint density at radius 2 is 2.00 bits per heavy atom. The van der Waals surface area contributed by atoms with Crippen LogP contribution in [-0.2, 0) is 11.0 Å². The summed E-state index contributed by atoms with van der Waals surface area (Å²) in [6, 6.07) is 8.60. The molecule has 0 amide bonds. The van der Waals surface area contributed by atoms with E-state index >= 15 is 0 Å². The Labute approximate surface area is 105 Å². The Balaban J connectivity index is 2.69. The normalized spacial score (nSPS) is 12.9. The maximum atomic E-state index is 6.10. The van der Waals surface area contributed by atoms with Gasteiger partial charge in [0.1, 0.15) is 0 Å². The van der Waals surface area contributed by atoms with Crippen molar-refractivity contribution < 1.29 is 4.43 Å². The molecule has 0 heterocycles. The van der Waals surface area contributed by atoms with Gasteiger partial charge in [0.15, 0.2) is 8.32 Å². The van der Waals surface area contributed by atoms with E-state index in [0.717, 1.165) is 10.6 Å².